The molecule has 1 heterocycles. The summed E-state index contributed by atoms with van der Waals surface area (Å²) in [6.07, 6.45) is 12.5. The summed E-state index contributed by atoms with van der Waals surface area (Å²) in [6.45, 7) is 17.2. The van der Waals surface area contributed by atoms with Crippen molar-refractivity contribution in [2.24, 2.45) is 0 Å². The third-order valence-electron chi connectivity index (χ3n) is 13.5. The van der Waals surface area contributed by atoms with Gasteiger partial charge in [0.1, 0.15) is 0 Å². The topological polar surface area (TPSA) is 94.1 Å². The number of hydrogen-bond donors (Lipinski definition) is 0. The molecule has 9 nitrogen and oxygen atoms in total. The zero-order valence-corrected chi connectivity index (χ0v) is 45.5. The lowest BCUT2D eigenvalue weighted by Gasteiger charge is -2.16. The van der Waals surface area contributed by atoms with Gasteiger partial charge in [-0.15, -0.1) is 0 Å². The van der Waals surface area contributed by atoms with Crippen LogP contribution in [0.2, 0.25) is 0 Å². The minimum absolute atomic E-state index is 0.476. The van der Waals surface area contributed by atoms with Gasteiger partial charge in [-0.2, -0.15) is 0 Å². The van der Waals surface area contributed by atoms with E-state index in [4.69, 9.17) is 43.4 Å². The molecule has 0 fully saturated rings. The molecule has 0 saturated heterocycles. The van der Waals surface area contributed by atoms with Crippen LogP contribution >= 0.6 is 0 Å². The fourth-order valence-electron chi connectivity index (χ4n) is 8.91. The Hall–Kier alpha value is -5.91. The number of benzene rings is 6. The minimum Gasteiger partial charge on any atom is -0.377 e. The summed E-state index contributed by atoms with van der Waals surface area (Å²) in [7, 11) is 0. The van der Waals surface area contributed by atoms with Crippen LogP contribution in [0.25, 0.3) is 45.3 Å². The average Bonchev–Trinajstić information content (AvgIpc) is 3.44. The number of hydrogen-bond acceptors (Lipinski definition) is 9. The summed E-state index contributed by atoms with van der Waals surface area (Å²) in [5.41, 5.74) is 16.7. The first-order valence-corrected chi connectivity index (χ1v) is 27.6. The molecule has 0 spiro atoms. The maximum absolute atomic E-state index is 6.01. The fourth-order valence-corrected chi connectivity index (χ4v) is 8.91. The number of ether oxygens (including phenoxy) is 6. The van der Waals surface area contributed by atoms with Crippen LogP contribution < -0.4 is 0 Å². The van der Waals surface area contributed by atoms with E-state index >= 15 is 0 Å². The maximum Gasteiger partial charge on any atom is 0.164 e. The van der Waals surface area contributed by atoms with Crippen molar-refractivity contribution >= 4 is 0 Å². The van der Waals surface area contributed by atoms with E-state index in [2.05, 4.69) is 144 Å². The molecule has 1 aromatic heterocycles. The van der Waals surface area contributed by atoms with E-state index in [0.717, 1.165) is 46.2 Å². The van der Waals surface area contributed by atoms with Crippen LogP contribution in [-0.2, 0) is 67.7 Å². The highest BCUT2D eigenvalue weighted by molar-refractivity contribution is 5.70. The summed E-state index contributed by atoms with van der Waals surface area (Å²) < 4.78 is 35.2. The first-order valence-electron chi connectivity index (χ1n) is 27.6. The summed E-state index contributed by atoms with van der Waals surface area (Å²) in [5.74, 6) is 1.83. The van der Waals surface area contributed by atoms with Crippen molar-refractivity contribution in [2.45, 2.75) is 125 Å². The Bertz CT molecular complexity index is 2710. The van der Waals surface area contributed by atoms with Gasteiger partial charge in [-0.05, 0) is 96.5 Å². The van der Waals surface area contributed by atoms with E-state index in [1.165, 1.54) is 95.9 Å². The first-order chi connectivity index (χ1) is 36.8. The Morgan fingerprint density at radius 2 is 0.640 bits per heavy atom. The molecule has 75 heavy (non-hydrogen) atoms. The monoisotopic (exact) mass is 1010 g/mol. The third kappa shape index (κ3) is 19.3. The summed E-state index contributed by atoms with van der Waals surface area (Å²) in [4.78, 5) is 14.8. The van der Waals surface area contributed by atoms with Gasteiger partial charge in [0.05, 0.1) is 79.3 Å². The molecule has 9 heteroatoms. The second-order valence-corrected chi connectivity index (χ2v) is 19.7. The molecule has 0 unspecified atom stereocenters. The molecule has 0 atom stereocenters. The van der Waals surface area contributed by atoms with Gasteiger partial charge < -0.3 is 28.4 Å². The van der Waals surface area contributed by atoms with E-state index in [-0.39, 0.29) is 0 Å². The van der Waals surface area contributed by atoms with E-state index in [0.29, 0.717) is 96.8 Å². The van der Waals surface area contributed by atoms with Crippen molar-refractivity contribution in [1.82, 2.24) is 15.0 Å². The van der Waals surface area contributed by atoms with Gasteiger partial charge in [-0.1, -0.05) is 197 Å². The van der Waals surface area contributed by atoms with Crippen molar-refractivity contribution in [3.63, 3.8) is 0 Å². The molecule has 0 N–H and O–H groups in total. The van der Waals surface area contributed by atoms with Gasteiger partial charge in [0.2, 0.25) is 0 Å². The molecule has 0 amide bonds. The second-order valence-electron chi connectivity index (χ2n) is 19.7. The van der Waals surface area contributed by atoms with Gasteiger partial charge in [-0.3, -0.25) is 0 Å². The molecular formula is C66H81N3O6. The average molecular weight is 1010 g/mol. The quantitative estimate of drug-likeness (QED) is 0.0366. The molecule has 0 radical (unpaired) electrons. The third-order valence-corrected chi connectivity index (χ3v) is 13.5. The van der Waals surface area contributed by atoms with E-state index < -0.39 is 0 Å². The van der Waals surface area contributed by atoms with Gasteiger partial charge in [0, 0.05) is 16.7 Å². The number of unbranched alkanes of at least 4 members (excludes halogenated alkanes) is 6. The molecule has 396 valence electrons. The Balaban J connectivity index is 0.823. The number of aromatic nitrogens is 3. The first kappa shape index (κ1) is 56.8. The molecule has 0 saturated carbocycles. The van der Waals surface area contributed by atoms with Gasteiger partial charge in [0.25, 0.3) is 0 Å². The largest absolute Gasteiger partial charge is 0.377 e. The minimum atomic E-state index is 0.476. The Morgan fingerprint density at radius 3 is 1.03 bits per heavy atom. The lowest BCUT2D eigenvalue weighted by Crippen LogP contribution is -2.09. The molecule has 0 bridgehead atoms. The van der Waals surface area contributed by atoms with Crippen LogP contribution in [0, 0.1) is 20.8 Å². The van der Waals surface area contributed by atoms with Gasteiger partial charge in [-0.25, -0.2) is 15.0 Å². The van der Waals surface area contributed by atoms with Crippen LogP contribution in [0.1, 0.15) is 115 Å². The molecule has 7 aromatic rings. The Labute approximate surface area is 448 Å². The molecule has 7 rings (SSSR count). The zero-order valence-electron chi connectivity index (χ0n) is 45.5. The number of nitrogens with zero attached hydrogens (tertiary/aromatic N) is 3. The predicted molar refractivity (Wildman–Crippen MR) is 305 cm³/mol. The maximum atomic E-state index is 6.01. The van der Waals surface area contributed by atoms with E-state index in [1.807, 2.05) is 24.3 Å². The van der Waals surface area contributed by atoms with Crippen molar-refractivity contribution in [2.75, 3.05) is 52.9 Å². The summed E-state index contributed by atoms with van der Waals surface area (Å²) >= 11 is 0. The summed E-state index contributed by atoms with van der Waals surface area (Å²) in [6, 6.07) is 47.0. The zero-order chi connectivity index (χ0) is 52.3. The van der Waals surface area contributed by atoms with Crippen LogP contribution in [-0.4, -0.2) is 67.8 Å². The highest BCUT2D eigenvalue weighted by Crippen LogP contribution is 2.31. The second kappa shape index (κ2) is 31.9. The van der Waals surface area contributed by atoms with Crippen LogP contribution in [0.3, 0.4) is 0 Å². The SMILES string of the molecule is CCCCCCc1cc(-c2ccc(COCCOCCOCc3ccc(-c4nc(-c5ccc(C)cc5)nc(-c5ccc(COCCOCCOCc6ccc(C)cc6)cc5)n4)cc3)cc2)c(CCCCCC)cc1C. The molecular weight excluding hydrogens is 931 g/mol. The van der Waals surface area contributed by atoms with Gasteiger partial charge in [0.15, 0.2) is 17.5 Å². The van der Waals surface area contributed by atoms with Crippen LogP contribution in [0.4, 0.5) is 0 Å². The summed E-state index contributed by atoms with van der Waals surface area (Å²) in [5, 5.41) is 0. The number of aryl methyl sites for hydroxylation is 5. The van der Waals surface area contributed by atoms with Crippen molar-refractivity contribution in [3.8, 4) is 45.3 Å². The van der Waals surface area contributed by atoms with Crippen LogP contribution in [0.5, 0.6) is 0 Å². The fraction of sp³-hybridized carbons (Fsp3) is 0.409. The van der Waals surface area contributed by atoms with Crippen molar-refractivity contribution in [3.05, 3.63) is 184 Å². The smallest absolute Gasteiger partial charge is 0.164 e. The van der Waals surface area contributed by atoms with Crippen molar-refractivity contribution < 1.29 is 28.4 Å². The predicted octanol–water partition coefficient (Wildman–Crippen LogP) is 15.2. The number of rotatable bonds is 34. The molecule has 0 aliphatic rings. The molecule has 6 aromatic carbocycles. The molecule has 0 aliphatic heterocycles. The molecule has 0 aliphatic carbocycles. The van der Waals surface area contributed by atoms with Crippen molar-refractivity contribution in [1.29, 1.82) is 0 Å². The lowest BCUT2D eigenvalue weighted by atomic mass is 9.89. The van der Waals surface area contributed by atoms with E-state index in [1.54, 1.807) is 0 Å². The van der Waals surface area contributed by atoms with Crippen LogP contribution in [0.15, 0.2) is 133 Å². The highest BCUT2D eigenvalue weighted by Gasteiger charge is 2.14. The highest BCUT2D eigenvalue weighted by atomic mass is 16.5. The van der Waals surface area contributed by atoms with E-state index in [9.17, 15) is 0 Å². The Kier molecular flexibility index (Phi) is 24.1. The van der Waals surface area contributed by atoms with Gasteiger partial charge >= 0.3 is 0 Å². The normalized spacial score (nSPS) is 11.4. The standard InChI is InChI=1S/C66H81N3O6/c1-6-8-10-12-14-61-45-63(62(44-52(61)5)15-13-11-9-7-2)57-30-22-54(23-31-57)47-73-41-37-71-39-43-75-49-56-26-34-60(35-27-56)66-68-64(58-28-18-51(4)19-29-58)67-65(69-66)59-32-24-55(25-33-59)48-74-42-38-70-36-40-72-46-53-20-16-50(3)17-21-53/h16-35,44-45H,6-15,36-43,46-49H2,1-5H3. The Morgan fingerprint density at radius 1 is 0.320 bits per heavy atom. The lowest BCUT2D eigenvalue weighted by molar-refractivity contribution is 0.00704.